The first kappa shape index (κ1) is 13.9. The maximum Gasteiger partial charge on any atom is 0.123 e. The smallest absolute Gasteiger partial charge is 0.123 e. The van der Waals surface area contributed by atoms with Crippen molar-refractivity contribution in [2.24, 2.45) is 0 Å². The number of benzene rings is 2. The molecule has 0 bridgehead atoms. The fourth-order valence-corrected chi connectivity index (χ4v) is 2.12. The molecule has 2 aromatic rings. The summed E-state index contributed by atoms with van der Waals surface area (Å²) in [6.07, 6.45) is 0.120. The van der Waals surface area contributed by atoms with Crippen LogP contribution in [-0.4, -0.2) is 6.10 Å². The summed E-state index contributed by atoms with van der Waals surface area (Å²) in [6.45, 7) is 3.95. The number of ether oxygens (including phenoxy) is 1. The van der Waals surface area contributed by atoms with Gasteiger partial charge in [0.25, 0.3) is 0 Å². The average Bonchev–Trinajstić information content (AvgIpc) is 2.38. The van der Waals surface area contributed by atoms with Gasteiger partial charge >= 0.3 is 0 Å². The minimum atomic E-state index is -0.309. The van der Waals surface area contributed by atoms with E-state index < -0.39 is 0 Å². The van der Waals surface area contributed by atoms with Gasteiger partial charge in [-0.05, 0) is 49.2 Å². The monoisotopic (exact) mass is 278 g/mol. The summed E-state index contributed by atoms with van der Waals surface area (Å²) in [7, 11) is 0. The van der Waals surface area contributed by atoms with Gasteiger partial charge in [-0.15, -0.1) is 11.6 Å². The van der Waals surface area contributed by atoms with E-state index in [0.29, 0.717) is 0 Å². The second kappa shape index (κ2) is 6.07. The Kier molecular flexibility index (Phi) is 4.43. The van der Waals surface area contributed by atoms with Crippen molar-refractivity contribution in [3.05, 3.63) is 65.5 Å². The van der Waals surface area contributed by atoms with Crippen LogP contribution in [0.5, 0.6) is 5.75 Å². The van der Waals surface area contributed by atoms with Crippen molar-refractivity contribution < 1.29 is 9.13 Å². The van der Waals surface area contributed by atoms with Crippen LogP contribution < -0.4 is 4.74 Å². The highest BCUT2D eigenvalue weighted by molar-refractivity contribution is 6.22. The SMILES string of the molecule is CC(C)Oc1cccc(C(Cl)c2ccc(F)cc2)c1. The van der Waals surface area contributed by atoms with Gasteiger partial charge in [0, 0.05) is 0 Å². The minimum Gasteiger partial charge on any atom is -0.491 e. The Morgan fingerprint density at radius 3 is 2.32 bits per heavy atom. The van der Waals surface area contributed by atoms with Crippen LogP contribution in [0.15, 0.2) is 48.5 Å². The number of rotatable bonds is 4. The number of hydrogen-bond acceptors (Lipinski definition) is 1. The normalized spacial score (nSPS) is 12.5. The fraction of sp³-hybridized carbons (Fsp3) is 0.250. The molecule has 0 amide bonds. The van der Waals surface area contributed by atoms with E-state index in [-0.39, 0.29) is 17.3 Å². The lowest BCUT2D eigenvalue weighted by Gasteiger charge is -2.14. The Morgan fingerprint density at radius 2 is 1.68 bits per heavy atom. The lowest BCUT2D eigenvalue weighted by atomic mass is 10.0. The topological polar surface area (TPSA) is 9.23 Å². The van der Waals surface area contributed by atoms with E-state index in [2.05, 4.69) is 0 Å². The van der Waals surface area contributed by atoms with Gasteiger partial charge in [-0.3, -0.25) is 0 Å². The van der Waals surface area contributed by atoms with Gasteiger partial charge in [-0.1, -0.05) is 24.3 Å². The molecule has 2 rings (SSSR count). The van der Waals surface area contributed by atoms with Crippen LogP contribution in [0.2, 0.25) is 0 Å². The molecule has 0 aliphatic heterocycles. The number of halogens is 2. The van der Waals surface area contributed by atoms with Crippen molar-refractivity contribution in [1.82, 2.24) is 0 Å². The molecule has 100 valence electrons. The quantitative estimate of drug-likeness (QED) is 0.720. The molecule has 0 aliphatic rings. The van der Waals surface area contributed by atoms with Crippen LogP contribution in [0.25, 0.3) is 0 Å². The molecule has 3 heteroatoms. The molecule has 0 fully saturated rings. The molecule has 2 aromatic carbocycles. The molecule has 1 nitrogen and oxygen atoms in total. The number of alkyl halides is 1. The first-order valence-corrected chi connectivity index (χ1v) is 6.66. The van der Waals surface area contributed by atoms with Gasteiger partial charge in [-0.2, -0.15) is 0 Å². The molecule has 0 aromatic heterocycles. The second-order valence-corrected chi connectivity index (χ2v) is 5.09. The van der Waals surface area contributed by atoms with E-state index in [1.807, 2.05) is 38.1 Å². The standard InChI is InChI=1S/C16H16ClFO/c1-11(2)19-15-5-3-4-13(10-15)16(17)12-6-8-14(18)9-7-12/h3-11,16H,1-2H3. The van der Waals surface area contributed by atoms with E-state index in [4.69, 9.17) is 16.3 Å². The summed E-state index contributed by atoms with van der Waals surface area (Å²) in [5.41, 5.74) is 1.80. The van der Waals surface area contributed by atoms with Crippen LogP contribution >= 0.6 is 11.6 Å². The van der Waals surface area contributed by atoms with Crippen molar-refractivity contribution in [2.45, 2.75) is 25.3 Å². The summed E-state index contributed by atoms with van der Waals surface area (Å²) in [6, 6.07) is 13.9. The van der Waals surface area contributed by atoms with E-state index in [1.54, 1.807) is 12.1 Å². The lowest BCUT2D eigenvalue weighted by molar-refractivity contribution is 0.242. The molecule has 1 atom stereocenters. The molecular weight excluding hydrogens is 263 g/mol. The minimum absolute atomic E-state index is 0.120. The molecule has 1 unspecified atom stereocenters. The number of hydrogen-bond donors (Lipinski definition) is 0. The molecule has 0 saturated heterocycles. The van der Waals surface area contributed by atoms with Crippen molar-refractivity contribution >= 4 is 11.6 Å². The van der Waals surface area contributed by atoms with E-state index in [0.717, 1.165) is 16.9 Å². The van der Waals surface area contributed by atoms with Crippen molar-refractivity contribution in [2.75, 3.05) is 0 Å². The molecule has 19 heavy (non-hydrogen) atoms. The van der Waals surface area contributed by atoms with Crippen molar-refractivity contribution in [3.63, 3.8) is 0 Å². The second-order valence-electron chi connectivity index (χ2n) is 4.65. The Morgan fingerprint density at radius 1 is 1.00 bits per heavy atom. The van der Waals surface area contributed by atoms with Crippen molar-refractivity contribution in [1.29, 1.82) is 0 Å². The van der Waals surface area contributed by atoms with Gasteiger partial charge in [0.15, 0.2) is 0 Å². The Labute approximate surface area is 118 Å². The Balaban J connectivity index is 2.23. The Bertz CT molecular complexity index is 537. The van der Waals surface area contributed by atoms with Gasteiger partial charge in [0.05, 0.1) is 11.5 Å². The van der Waals surface area contributed by atoms with Crippen LogP contribution in [0.1, 0.15) is 30.4 Å². The third-order valence-electron chi connectivity index (χ3n) is 2.69. The third kappa shape index (κ3) is 3.71. The first-order valence-electron chi connectivity index (χ1n) is 6.22. The summed E-state index contributed by atoms with van der Waals surface area (Å²) in [5.74, 6) is 0.532. The van der Waals surface area contributed by atoms with Gasteiger partial charge in [-0.25, -0.2) is 4.39 Å². The maximum absolute atomic E-state index is 12.9. The van der Waals surface area contributed by atoms with Crippen LogP contribution in [-0.2, 0) is 0 Å². The van der Waals surface area contributed by atoms with Gasteiger partial charge in [0.2, 0.25) is 0 Å². The predicted molar refractivity (Wildman–Crippen MR) is 76.3 cm³/mol. The average molecular weight is 279 g/mol. The molecular formula is C16H16ClFO. The summed E-state index contributed by atoms with van der Waals surface area (Å²) in [5, 5.41) is -0.309. The largest absolute Gasteiger partial charge is 0.491 e. The maximum atomic E-state index is 12.9. The Hall–Kier alpha value is -1.54. The van der Waals surface area contributed by atoms with E-state index in [9.17, 15) is 4.39 Å². The van der Waals surface area contributed by atoms with Crippen LogP contribution in [0, 0.1) is 5.82 Å². The lowest BCUT2D eigenvalue weighted by Crippen LogP contribution is -2.05. The molecule has 0 spiro atoms. The summed E-state index contributed by atoms with van der Waals surface area (Å²) >= 11 is 6.41. The molecule has 0 heterocycles. The van der Waals surface area contributed by atoms with E-state index >= 15 is 0 Å². The van der Waals surface area contributed by atoms with Crippen molar-refractivity contribution in [3.8, 4) is 5.75 Å². The zero-order valence-corrected chi connectivity index (χ0v) is 11.7. The highest BCUT2D eigenvalue weighted by atomic mass is 35.5. The summed E-state index contributed by atoms with van der Waals surface area (Å²) in [4.78, 5) is 0. The van der Waals surface area contributed by atoms with E-state index in [1.165, 1.54) is 12.1 Å². The predicted octanol–water partition coefficient (Wildman–Crippen LogP) is 4.94. The molecule has 0 aliphatic carbocycles. The first-order chi connectivity index (χ1) is 9.06. The van der Waals surface area contributed by atoms with Crippen LogP contribution in [0.4, 0.5) is 4.39 Å². The molecule has 0 saturated carbocycles. The molecule has 0 N–H and O–H groups in total. The van der Waals surface area contributed by atoms with Gasteiger partial charge < -0.3 is 4.74 Å². The summed E-state index contributed by atoms with van der Waals surface area (Å²) < 4.78 is 18.5. The van der Waals surface area contributed by atoms with Gasteiger partial charge in [0.1, 0.15) is 11.6 Å². The van der Waals surface area contributed by atoms with Crippen LogP contribution in [0.3, 0.4) is 0 Å². The highest BCUT2D eigenvalue weighted by Gasteiger charge is 2.12. The fourth-order valence-electron chi connectivity index (χ4n) is 1.84. The zero-order chi connectivity index (χ0) is 13.8. The molecule has 0 radical (unpaired) electrons. The highest BCUT2D eigenvalue weighted by Crippen LogP contribution is 2.31. The third-order valence-corrected chi connectivity index (χ3v) is 3.19. The zero-order valence-electron chi connectivity index (χ0n) is 10.9.